The van der Waals surface area contributed by atoms with Crippen LogP contribution in [0.15, 0.2) is 42.5 Å². The van der Waals surface area contributed by atoms with Gasteiger partial charge in [0.05, 0.1) is 10.6 Å². The highest BCUT2D eigenvalue weighted by Crippen LogP contribution is 2.27. The molecule has 0 aromatic heterocycles. The van der Waals surface area contributed by atoms with Gasteiger partial charge in [0, 0.05) is 17.3 Å². The molecule has 2 aromatic rings. The van der Waals surface area contributed by atoms with Crippen molar-refractivity contribution in [2.45, 2.75) is 6.42 Å². The Balaban J connectivity index is 1.47. The third kappa shape index (κ3) is 4.59. The number of ether oxygens (including phenoxy) is 1. The molecule has 3 rings (SSSR count). The summed E-state index contributed by atoms with van der Waals surface area (Å²) >= 11 is 11.7. The number of esters is 1. The minimum Gasteiger partial charge on any atom is -0.454 e. The van der Waals surface area contributed by atoms with E-state index < -0.39 is 11.9 Å². The molecule has 27 heavy (non-hydrogen) atoms. The Morgan fingerprint density at radius 3 is 2.67 bits per heavy atom. The van der Waals surface area contributed by atoms with Crippen molar-refractivity contribution in [3.05, 3.63) is 63.6 Å². The summed E-state index contributed by atoms with van der Waals surface area (Å²) in [4.78, 5) is 37.7. The first kappa shape index (κ1) is 19.2. The zero-order valence-electron chi connectivity index (χ0n) is 14.2. The molecule has 6 nitrogen and oxygen atoms in total. The van der Waals surface area contributed by atoms with Gasteiger partial charge in [-0.1, -0.05) is 41.4 Å². The van der Waals surface area contributed by atoms with Crippen LogP contribution in [-0.4, -0.2) is 37.5 Å². The number of hydrogen-bond donors (Lipinski definition) is 1. The number of amides is 2. The van der Waals surface area contributed by atoms with E-state index in [1.807, 2.05) is 24.3 Å². The fraction of sp³-hybridized carbons (Fsp3) is 0.211. The van der Waals surface area contributed by atoms with Crippen LogP contribution in [0.4, 0.5) is 5.69 Å². The van der Waals surface area contributed by atoms with Crippen LogP contribution in [0, 0.1) is 0 Å². The molecule has 140 valence electrons. The first-order valence-electron chi connectivity index (χ1n) is 8.23. The van der Waals surface area contributed by atoms with Crippen LogP contribution in [0.3, 0.4) is 0 Å². The van der Waals surface area contributed by atoms with E-state index in [0.717, 1.165) is 17.7 Å². The average molecular weight is 407 g/mol. The fourth-order valence-corrected chi connectivity index (χ4v) is 3.28. The normalized spacial score (nSPS) is 12.4. The highest BCUT2D eigenvalue weighted by molar-refractivity contribution is 6.36. The van der Waals surface area contributed by atoms with Crippen LogP contribution in [0.5, 0.6) is 0 Å². The lowest BCUT2D eigenvalue weighted by atomic mass is 10.2. The van der Waals surface area contributed by atoms with Crippen molar-refractivity contribution in [3.63, 3.8) is 0 Å². The minimum absolute atomic E-state index is 0.177. The van der Waals surface area contributed by atoms with Gasteiger partial charge in [-0.25, -0.2) is 0 Å². The number of rotatable bonds is 5. The first-order chi connectivity index (χ1) is 13.0. The first-order valence-corrected chi connectivity index (χ1v) is 8.98. The van der Waals surface area contributed by atoms with Gasteiger partial charge in [-0.2, -0.15) is 0 Å². The van der Waals surface area contributed by atoms with Gasteiger partial charge < -0.3 is 15.0 Å². The number of para-hydroxylation sites is 1. The van der Waals surface area contributed by atoms with E-state index in [2.05, 4.69) is 5.32 Å². The molecule has 0 aliphatic carbocycles. The van der Waals surface area contributed by atoms with E-state index in [4.69, 9.17) is 27.9 Å². The van der Waals surface area contributed by atoms with Gasteiger partial charge >= 0.3 is 5.97 Å². The second-order valence-electron chi connectivity index (χ2n) is 5.89. The second kappa shape index (κ2) is 8.41. The number of carbonyl (C=O) groups is 3. The van der Waals surface area contributed by atoms with Gasteiger partial charge in [0.1, 0.15) is 6.54 Å². The highest BCUT2D eigenvalue weighted by atomic mass is 35.5. The molecule has 0 saturated carbocycles. The predicted octanol–water partition coefficient (Wildman–Crippen LogP) is 2.86. The third-order valence-electron chi connectivity index (χ3n) is 4.11. The van der Waals surface area contributed by atoms with Crippen molar-refractivity contribution in [2.24, 2.45) is 0 Å². The average Bonchev–Trinajstić information content (AvgIpc) is 3.08. The van der Waals surface area contributed by atoms with Crippen LogP contribution in [0.1, 0.15) is 15.9 Å². The van der Waals surface area contributed by atoms with E-state index in [9.17, 15) is 14.4 Å². The highest BCUT2D eigenvalue weighted by Gasteiger charge is 2.24. The van der Waals surface area contributed by atoms with Crippen LogP contribution >= 0.6 is 23.2 Å². The molecule has 1 aliphatic heterocycles. The smallest absolute Gasteiger partial charge is 0.325 e. The van der Waals surface area contributed by atoms with Gasteiger partial charge in [0.2, 0.25) is 0 Å². The molecule has 1 N–H and O–H groups in total. The molecule has 0 bridgehead atoms. The van der Waals surface area contributed by atoms with Crippen LogP contribution < -0.4 is 10.2 Å². The number of benzene rings is 2. The van der Waals surface area contributed by atoms with Crippen LogP contribution in [-0.2, 0) is 20.7 Å². The van der Waals surface area contributed by atoms with Crippen molar-refractivity contribution in [1.82, 2.24) is 5.32 Å². The van der Waals surface area contributed by atoms with Crippen LogP contribution in [0.25, 0.3) is 0 Å². The van der Waals surface area contributed by atoms with Crippen molar-refractivity contribution < 1.29 is 19.1 Å². The molecule has 8 heteroatoms. The number of hydrogen-bond acceptors (Lipinski definition) is 4. The molecule has 0 radical (unpaired) electrons. The summed E-state index contributed by atoms with van der Waals surface area (Å²) in [7, 11) is 0. The van der Waals surface area contributed by atoms with Crippen molar-refractivity contribution in [3.8, 4) is 0 Å². The Hall–Kier alpha value is -2.57. The topological polar surface area (TPSA) is 75.7 Å². The lowest BCUT2D eigenvalue weighted by molar-refractivity contribution is -0.146. The summed E-state index contributed by atoms with van der Waals surface area (Å²) in [6.07, 6.45) is 0.772. The number of nitrogens with zero attached hydrogens (tertiary/aromatic N) is 1. The maximum Gasteiger partial charge on any atom is 0.325 e. The van der Waals surface area contributed by atoms with Crippen molar-refractivity contribution in [2.75, 3.05) is 24.6 Å². The number of fused-ring (bicyclic) bond motifs is 1. The van der Waals surface area contributed by atoms with Gasteiger partial charge in [-0.15, -0.1) is 0 Å². The molecular weight excluding hydrogens is 391 g/mol. The summed E-state index contributed by atoms with van der Waals surface area (Å²) in [5, 5.41) is 2.98. The minimum atomic E-state index is -0.714. The predicted molar refractivity (Wildman–Crippen MR) is 102 cm³/mol. The van der Waals surface area contributed by atoms with Crippen molar-refractivity contribution >= 4 is 46.7 Å². The molecular formula is C19H16Cl2N2O4. The Morgan fingerprint density at radius 2 is 1.89 bits per heavy atom. The van der Waals surface area contributed by atoms with Gasteiger partial charge in [-0.05, 0) is 36.2 Å². The van der Waals surface area contributed by atoms with E-state index >= 15 is 0 Å². The molecule has 0 unspecified atom stereocenters. The molecule has 2 amide bonds. The van der Waals surface area contributed by atoms with Gasteiger partial charge in [0.25, 0.3) is 11.8 Å². The summed E-state index contributed by atoms with van der Waals surface area (Å²) < 4.78 is 4.97. The van der Waals surface area contributed by atoms with E-state index in [1.165, 1.54) is 18.2 Å². The largest absolute Gasteiger partial charge is 0.454 e. The lowest BCUT2D eigenvalue weighted by Crippen LogP contribution is -2.36. The summed E-state index contributed by atoms with van der Waals surface area (Å²) in [5.74, 6) is -1.55. The third-order valence-corrected chi connectivity index (χ3v) is 4.66. The standard InChI is InChI=1S/C19H16Cl2N2O4/c20-13-5-6-14(15(21)9-13)19(26)22-10-18(25)27-11-17(24)23-8-7-12-3-1-2-4-16(12)23/h1-6,9H,7-8,10-11H2,(H,22,26). The van der Waals surface area contributed by atoms with Crippen molar-refractivity contribution in [1.29, 1.82) is 0 Å². The lowest BCUT2D eigenvalue weighted by Gasteiger charge is -2.17. The summed E-state index contributed by atoms with van der Waals surface area (Å²) in [5.41, 5.74) is 2.12. The molecule has 1 heterocycles. The molecule has 1 aliphatic rings. The fourth-order valence-electron chi connectivity index (χ4n) is 2.79. The maximum atomic E-state index is 12.3. The molecule has 0 fully saturated rings. The Labute approximate surface area is 166 Å². The quantitative estimate of drug-likeness (QED) is 0.774. The number of carbonyl (C=O) groups excluding carboxylic acids is 3. The Bertz CT molecular complexity index is 901. The number of nitrogens with one attached hydrogen (secondary N) is 1. The Morgan fingerprint density at radius 1 is 1.11 bits per heavy atom. The second-order valence-corrected chi connectivity index (χ2v) is 6.74. The van der Waals surface area contributed by atoms with Crippen LogP contribution in [0.2, 0.25) is 10.0 Å². The molecule has 0 spiro atoms. The zero-order chi connectivity index (χ0) is 19.4. The van der Waals surface area contributed by atoms with Gasteiger partial charge in [0.15, 0.2) is 6.61 Å². The SMILES string of the molecule is O=C(CNC(=O)c1ccc(Cl)cc1Cl)OCC(=O)N1CCc2ccccc21. The maximum absolute atomic E-state index is 12.3. The molecule has 0 atom stereocenters. The van der Waals surface area contributed by atoms with E-state index in [0.29, 0.717) is 11.6 Å². The molecule has 2 aromatic carbocycles. The summed E-state index contributed by atoms with van der Waals surface area (Å²) in [6, 6.07) is 12.0. The number of anilines is 1. The summed E-state index contributed by atoms with van der Waals surface area (Å²) in [6.45, 7) is -0.200. The van der Waals surface area contributed by atoms with E-state index in [1.54, 1.807) is 4.90 Å². The molecule has 0 saturated heterocycles. The van der Waals surface area contributed by atoms with E-state index in [-0.39, 0.29) is 29.6 Å². The Kier molecular flexibility index (Phi) is 5.98. The number of halogens is 2. The zero-order valence-corrected chi connectivity index (χ0v) is 15.7. The monoisotopic (exact) mass is 406 g/mol. The van der Waals surface area contributed by atoms with Gasteiger partial charge in [-0.3, -0.25) is 14.4 Å².